The first-order valence-corrected chi connectivity index (χ1v) is 6.54. The van der Waals surface area contributed by atoms with Gasteiger partial charge in [0.05, 0.1) is 17.9 Å². The Labute approximate surface area is 122 Å². The van der Waals surface area contributed by atoms with E-state index in [4.69, 9.17) is 10.5 Å². The zero-order valence-corrected chi connectivity index (χ0v) is 12.1. The number of benzene rings is 1. The van der Waals surface area contributed by atoms with Crippen molar-refractivity contribution in [3.63, 3.8) is 0 Å². The smallest absolute Gasteiger partial charge is 0.224 e. The highest BCUT2D eigenvalue weighted by Crippen LogP contribution is 2.30. The Morgan fingerprint density at radius 1 is 1.35 bits per heavy atom. The van der Waals surface area contributed by atoms with Gasteiger partial charge in [0, 0.05) is 5.69 Å². The summed E-state index contributed by atoms with van der Waals surface area (Å²) in [7, 11) is 1.62. The van der Waals surface area contributed by atoms with E-state index in [1.165, 1.54) is 0 Å². The fourth-order valence-electron chi connectivity index (χ4n) is 1.82. The molecule has 0 bridgehead atoms. The molecule has 2 aromatic heterocycles. The molecule has 0 atom stereocenters. The molecule has 0 saturated heterocycles. The van der Waals surface area contributed by atoms with E-state index >= 15 is 0 Å². The van der Waals surface area contributed by atoms with E-state index in [-0.39, 0.29) is 5.95 Å². The van der Waals surface area contributed by atoms with Gasteiger partial charge in [-0.1, -0.05) is 0 Å². The number of methoxy groups -OCH3 is 1. The van der Waals surface area contributed by atoms with Gasteiger partial charge in [0.1, 0.15) is 11.3 Å². The van der Waals surface area contributed by atoms with Crippen LogP contribution in [0.2, 0.25) is 0 Å². The number of anilines is 3. The highest BCUT2D eigenvalue weighted by molar-refractivity contribution is 9.10. The van der Waals surface area contributed by atoms with Crippen LogP contribution >= 0.6 is 15.9 Å². The zero-order chi connectivity index (χ0) is 14.1. The van der Waals surface area contributed by atoms with Crippen molar-refractivity contribution in [1.29, 1.82) is 0 Å². The van der Waals surface area contributed by atoms with E-state index in [1.807, 2.05) is 18.2 Å². The van der Waals surface area contributed by atoms with E-state index < -0.39 is 0 Å². The average molecular weight is 335 g/mol. The Bertz CT molecular complexity index is 772. The second-order valence-corrected chi connectivity index (χ2v) is 4.86. The SMILES string of the molecule is COc1ccc(Nc2nc(N)nc3nc[nH]c23)cc1Br. The van der Waals surface area contributed by atoms with Gasteiger partial charge in [-0.2, -0.15) is 9.97 Å². The van der Waals surface area contributed by atoms with Crippen LogP contribution in [0.1, 0.15) is 0 Å². The minimum atomic E-state index is 0.166. The number of nitrogens with zero attached hydrogens (tertiary/aromatic N) is 3. The summed E-state index contributed by atoms with van der Waals surface area (Å²) in [5.74, 6) is 1.49. The number of H-pyrrole nitrogens is 1. The van der Waals surface area contributed by atoms with Gasteiger partial charge < -0.3 is 20.8 Å². The minimum Gasteiger partial charge on any atom is -0.496 e. The zero-order valence-electron chi connectivity index (χ0n) is 10.5. The summed E-state index contributed by atoms with van der Waals surface area (Å²) in [5, 5.41) is 3.18. The fourth-order valence-corrected chi connectivity index (χ4v) is 2.36. The summed E-state index contributed by atoms with van der Waals surface area (Å²) in [4.78, 5) is 15.3. The third-order valence-corrected chi connectivity index (χ3v) is 3.34. The second kappa shape index (κ2) is 4.97. The topological polar surface area (TPSA) is 102 Å². The van der Waals surface area contributed by atoms with Crippen LogP contribution in [0.3, 0.4) is 0 Å². The number of halogens is 1. The molecule has 7 nitrogen and oxygen atoms in total. The third-order valence-electron chi connectivity index (χ3n) is 2.72. The molecule has 0 saturated carbocycles. The van der Waals surface area contributed by atoms with Gasteiger partial charge in [0.2, 0.25) is 5.95 Å². The number of rotatable bonds is 3. The van der Waals surface area contributed by atoms with Crippen molar-refractivity contribution in [1.82, 2.24) is 19.9 Å². The van der Waals surface area contributed by atoms with Crippen LogP contribution < -0.4 is 15.8 Å². The maximum atomic E-state index is 5.67. The number of aromatic nitrogens is 4. The van der Waals surface area contributed by atoms with Crippen molar-refractivity contribution in [3.8, 4) is 5.75 Å². The number of nitrogen functional groups attached to an aromatic ring is 1. The van der Waals surface area contributed by atoms with E-state index in [9.17, 15) is 0 Å². The molecule has 0 aliphatic heterocycles. The second-order valence-electron chi connectivity index (χ2n) is 4.01. The van der Waals surface area contributed by atoms with Gasteiger partial charge in [-0.3, -0.25) is 0 Å². The Hall–Kier alpha value is -2.35. The monoisotopic (exact) mass is 334 g/mol. The van der Waals surface area contributed by atoms with E-state index in [0.29, 0.717) is 17.0 Å². The quantitative estimate of drug-likeness (QED) is 0.680. The Kier molecular flexibility index (Phi) is 3.15. The highest BCUT2D eigenvalue weighted by Gasteiger charge is 2.09. The standard InChI is InChI=1S/C12H11BrN6O/c1-20-8-3-2-6(4-7(8)13)17-11-9-10(16-5-15-9)18-12(14)19-11/h2-5H,1H3,(H4,14,15,16,17,18,19). The first kappa shape index (κ1) is 12.7. The van der Waals surface area contributed by atoms with Gasteiger partial charge in [0.15, 0.2) is 11.5 Å². The number of hydrogen-bond acceptors (Lipinski definition) is 6. The van der Waals surface area contributed by atoms with E-state index in [2.05, 4.69) is 41.2 Å². The Morgan fingerprint density at radius 2 is 2.20 bits per heavy atom. The summed E-state index contributed by atoms with van der Waals surface area (Å²) in [6.45, 7) is 0. The minimum absolute atomic E-state index is 0.166. The van der Waals surface area contributed by atoms with Gasteiger partial charge in [-0.05, 0) is 34.1 Å². The van der Waals surface area contributed by atoms with E-state index in [0.717, 1.165) is 15.9 Å². The summed E-state index contributed by atoms with van der Waals surface area (Å²) < 4.78 is 6.03. The maximum Gasteiger partial charge on any atom is 0.224 e. The molecule has 0 amide bonds. The highest BCUT2D eigenvalue weighted by atomic mass is 79.9. The predicted molar refractivity (Wildman–Crippen MR) is 80.1 cm³/mol. The van der Waals surface area contributed by atoms with Crippen molar-refractivity contribution in [2.75, 3.05) is 18.2 Å². The molecule has 3 aromatic rings. The lowest BCUT2D eigenvalue weighted by Crippen LogP contribution is -2.01. The van der Waals surface area contributed by atoms with Crippen LogP contribution in [-0.2, 0) is 0 Å². The van der Waals surface area contributed by atoms with Crippen molar-refractivity contribution < 1.29 is 4.74 Å². The predicted octanol–water partition coefficient (Wildman–Crippen LogP) is 2.45. The number of aromatic amines is 1. The molecule has 1 aromatic carbocycles. The number of fused-ring (bicyclic) bond motifs is 1. The van der Waals surface area contributed by atoms with Crippen LogP contribution in [0.5, 0.6) is 5.75 Å². The molecule has 0 unspecified atom stereocenters. The van der Waals surface area contributed by atoms with Crippen molar-refractivity contribution in [3.05, 3.63) is 29.0 Å². The molecule has 0 fully saturated rings. The molecular weight excluding hydrogens is 324 g/mol. The largest absolute Gasteiger partial charge is 0.496 e. The summed E-state index contributed by atoms with van der Waals surface area (Å²) in [6.07, 6.45) is 1.55. The number of ether oxygens (including phenoxy) is 1. The molecule has 20 heavy (non-hydrogen) atoms. The molecule has 102 valence electrons. The number of hydrogen-bond donors (Lipinski definition) is 3. The molecule has 0 spiro atoms. The van der Waals surface area contributed by atoms with Crippen molar-refractivity contribution >= 4 is 44.5 Å². The summed E-state index contributed by atoms with van der Waals surface area (Å²) in [6, 6.07) is 5.62. The normalized spacial score (nSPS) is 10.7. The molecule has 8 heteroatoms. The van der Waals surface area contributed by atoms with Gasteiger partial charge in [-0.25, -0.2) is 4.98 Å². The lowest BCUT2D eigenvalue weighted by Gasteiger charge is -2.09. The summed E-state index contributed by atoms with van der Waals surface area (Å²) in [5.41, 5.74) is 7.73. The van der Waals surface area contributed by atoms with Crippen LogP contribution in [0.15, 0.2) is 29.0 Å². The lowest BCUT2D eigenvalue weighted by atomic mass is 10.3. The Morgan fingerprint density at radius 3 is 2.95 bits per heavy atom. The number of nitrogens with one attached hydrogen (secondary N) is 2. The third kappa shape index (κ3) is 2.25. The van der Waals surface area contributed by atoms with Crippen LogP contribution in [0.25, 0.3) is 11.2 Å². The maximum absolute atomic E-state index is 5.67. The molecule has 0 aliphatic carbocycles. The van der Waals surface area contributed by atoms with Gasteiger partial charge >= 0.3 is 0 Å². The van der Waals surface area contributed by atoms with Crippen molar-refractivity contribution in [2.24, 2.45) is 0 Å². The first-order valence-electron chi connectivity index (χ1n) is 5.74. The van der Waals surface area contributed by atoms with E-state index in [1.54, 1.807) is 13.4 Å². The van der Waals surface area contributed by atoms with Crippen molar-refractivity contribution in [2.45, 2.75) is 0 Å². The van der Waals surface area contributed by atoms with Gasteiger partial charge in [-0.15, -0.1) is 0 Å². The molecule has 3 rings (SSSR count). The molecule has 0 aliphatic rings. The summed E-state index contributed by atoms with van der Waals surface area (Å²) >= 11 is 3.43. The van der Waals surface area contributed by atoms with Crippen LogP contribution in [0, 0.1) is 0 Å². The molecule has 4 N–H and O–H groups in total. The molecule has 2 heterocycles. The lowest BCUT2D eigenvalue weighted by molar-refractivity contribution is 0.412. The first-order chi connectivity index (χ1) is 9.67. The number of nitrogens with two attached hydrogens (primary N) is 1. The Balaban J connectivity index is 2.00. The van der Waals surface area contributed by atoms with Gasteiger partial charge in [0.25, 0.3) is 0 Å². The fraction of sp³-hybridized carbons (Fsp3) is 0.0833. The van der Waals surface area contributed by atoms with Crippen LogP contribution in [-0.4, -0.2) is 27.0 Å². The average Bonchev–Trinajstić information content (AvgIpc) is 2.87. The molecular formula is C12H11BrN6O. The molecule has 0 radical (unpaired) electrons. The van der Waals surface area contributed by atoms with Crippen LogP contribution in [0.4, 0.5) is 17.5 Å². The number of imidazole rings is 1.